The van der Waals surface area contributed by atoms with Gasteiger partial charge in [-0.05, 0) is 31.4 Å². The van der Waals surface area contributed by atoms with Crippen LogP contribution in [0, 0.1) is 12.8 Å². The van der Waals surface area contributed by atoms with Crippen LogP contribution in [0.25, 0.3) is 0 Å². The second-order valence-corrected chi connectivity index (χ2v) is 7.72. The van der Waals surface area contributed by atoms with Gasteiger partial charge in [-0.25, -0.2) is 0 Å². The van der Waals surface area contributed by atoms with E-state index in [2.05, 4.69) is 55.5 Å². The Kier molecular flexibility index (Phi) is 6.29. The number of benzene rings is 1. The van der Waals surface area contributed by atoms with Crippen LogP contribution >= 0.6 is 0 Å². The third kappa shape index (κ3) is 4.87. The van der Waals surface area contributed by atoms with Crippen molar-refractivity contribution in [3.8, 4) is 5.75 Å². The van der Waals surface area contributed by atoms with Gasteiger partial charge in [0.2, 0.25) is 0 Å². The number of guanidine groups is 1. The van der Waals surface area contributed by atoms with E-state index in [0.717, 1.165) is 67.9 Å². The molecule has 29 heavy (non-hydrogen) atoms. The SMILES string of the molecule is CN=C(NCc1ccc(C)cc1OCC1CCOC1)NCc1nnc2n1CCC2. The highest BCUT2D eigenvalue weighted by Crippen LogP contribution is 2.22. The van der Waals surface area contributed by atoms with Crippen LogP contribution in [-0.2, 0) is 30.8 Å². The Morgan fingerprint density at radius 2 is 2.21 bits per heavy atom. The Morgan fingerprint density at radius 1 is 1.31 bits per heavy atom. The molecule has 2 aliphatic heterocycles. The molecule has 3 heterocycles. The Bertz CT molecular complexity index is 857. The summed E-state index contributed by atoms with van der Waals surface area (Å²) < 4.78 is 13.8. The zero-order valence-corrected chi connectivity index (χ0v) is 17.3. The number of hydrogen-bond donors (Lipinski definition) is 2. The minimum atomic E-state index is 0.482. The first-order chi connectivity index (χ1) is 14.2. The molecular formula is C21H30N6O2. The van der Waals surface area contributed by atoms with Gasteiger partial charge in [0.05, 0.1) is 19.8 Å². The normalized spacial score (nSPS) is 18.7. The van der Waals surface area contributed by atoms with E-state index in [0.29, 0.717) is 25.6 Å². The molecule has 1 unspecified atom stereocenters. The predicted octanol–water partition coefficient (Wildman–Crippen LogP) is 1.81. The fourth-order valence-corrected chi connectivity index (χ4v) is 3.77. The minimum absolute atomic E-state index is 0.482. The van der Waals surface area contributed by atoms with E-state index in [4.69, 9.17) is 9.47 Å². The maximum atomic E-state index is 6.14. The molecular weight excluding hydrogens is 368 g/mol. The molecule has 0 spiro atoms. The third-order valence-corrected chi connectivity index (χ3v) is 5.49. The lowest BCUT2D eigenvalue weighted by Crippen LogP contribution is -2.37. The second-order valence-electron chi connectivity index (χ2n) is 7.72. The maximum absolute atomic E-state index is 6.14. The molecule has 1 fully saturated rings. The standard InChI is InChI=1S/C21H30N6O2/c1-15-5-6-17(18(10-15)29-14-16-7-9-28-13-16)11-23-21(22-2)24-12-20-26-25-19-4-3-8-27(19)20/h5-6,10,16H,3-4,7-9,11-14H2,1-2H3,(H2,22,23,24). The van der Waals surface area contributed by atoms with Crippen molar-refractivity contribution in [3.05, 3.63) is 41.0 Å². The summed E-state index contributed by atoms with van der Waals surface area (Å²) in [6.07, 6.45) is 3.24. The fraction of sp³-hybridized carbons (Fsp3) is 0.571. The summed E-state index contributed by atoms with van der Waals surface area (Å²) in [5.74, 6) is 4.18. The van der Waals surface area contributed by atoms with Gasteiger partial charge in [-0.1, -0.05) is 12.1 Å². The smallest absolute Gasteiger partial charge is 0.191 e. The highest BCUT2D eigenvalue weighted by atomic mass is 16.5. The van der Waals surface area contributed by atoms with Crippen LogP contribution in [0.5, 0.6) is 5.75 Å². The monoisotopic (exact) mass is 398 g/mol. The molecule has 0 aliphatic carbocycles. The molecule has 1 atom stereocenters. The van der Waals surface area contributed by atoms with E-state index in [1.807, 2.05) is 0 Å². The number of fused-ring (bicyclic) bond motifs is 1. The molecule has 8 heteroatoms. The van der Waals surface area contributed by atoms with Crippen molar-refractivity contribution in [2.24, 2.45) is 10.9 Å². The van der Waals surface area contributed by atoms with Crippen molar-refractivity contribution < 1.29 is 9.47 Å². The highest BCUT2D eigenvalue weighted by molar-refractivity contribution is 5.79. The minimum Gasteiger partial charge on any atom is -0.493 e. The third-order valence-electron chi connectivity index (χ3n) is 5.49. The summed E-state index contributed by atoms with van der Waals surface area (Å²) in [6.45, 7) is 6.65. The first kappa shape index (κ1) is 19.7. The van der Waals surface area contributed by atoms with E-state index in [1.54, 1.807) is 7.05 Å². The Balaban J connectivity index is 1.32. The highest BCUT2D eigenvalue weighted by Gasteiger charge is 2.18. The molecule has 2 aliphatic rings. The summed E-state index contributed by atoms with van der Waals surface area (Å²) in [5, 5.41) is 15.3. The van der Waals surface area contributed by atoms with E-state index < -0.39 is 0 Å². The molecule has 1 aromatic carbocycles. The zero-order chi connectivity index (χ0) is 20.1. The summed E-state index contributed by atoms with van der Waals surface area (Å²) >= 11 is 0. The van der Waals surface area contributed by atoms with Crippen LogP contribution in [0.4, 0.5) is 0 Å². The fourth-order valence-electron chi connectivity index (χ4n) is 3.77. The van der Waals surface area contributed by atoms with Gasteiger partial charge in [0.1, 0.15) is 11.6 Å². The van der Waals surface area contributed by atoms with E-state index in [9.17, 15) is 0 Å². The Hall–Kier alpha value is -2.61. The van der Waals surface area contributed by atoms with Crippen LogP contribution in [0.15, 0.2) is 23.2 Å². The maximum Gasteiger partial charge on any atom is 0.191 e. The molecule has 0 saturated carbocycles. The van der Waals surface area contributed by atoms with Gasteiger partial charge >= 0.3 is 0 Å². The molecule has 2 aromatic rings. The zero-order valence-electron chi connectivity index (χ0n) is 17.3. The molecule has 0 amide bonds. The topological polar surface area (TPSA) is 85.6 Å². The number of nitrogens with zero attached hydrogens (tertiary/aromatic N) is 4. The number of hydrogen-bond acceptors (Lipinski definition) is 5. The molecule has 0 bridgehead atoms. The van der Waals surface area contributed by atoms with Crippen LogP contribution in [0.1, 0.15) is 35.6 Å². The average Bonchev–Trinajstić information content (AvgIpc) is 3.47. The quantitative estimate of drug-likeness (QED) is 0.547. The van der Waals surface area contributed by atoms with Gasteiger partial charge in [-0.15, -0.1) is 10.2 Å². The number of nitrogens with one attached hydrogen (secondary N) is 2. The average molecular weight is 399 g/mol. The van der Waals surface area contributed by atoms with Crippen molar-refractivity contribution in [2.45, 2.75) is 45.8 Å². The predicted molar refractivity (Wildman–Crippen MR) is 111 cm³/mol. The first-order valence-corrected chi connectivity index (χ1v) is 10.4. The van der Waals surface area contributed by atoms with Gasteiger partial charge in [0, 0.05) is 44.6 Å². The van der Waals surface area contributed by atoms with Crippen molar-refractivity contribution in [1.29, 1.82) is 0 Å². The second kappa shape index (κ2) is 9.26. The summed E-state index contributed by atoms with van der Waals surface area (Å²) in [6, 6.07) is 6.32. The summed E-state index contributed by atoms with van der Waals surface area (Å²) in [4.78, 5) is 4.33. The van der Waals surface area contributed by atoms with Gasteiger partial charge in [-0.3, -0.25) is 4.99 Å². The number of rotatable bonds is 7. The number of ether oxygens (including phenoxy) is 2. The summed E-state index contributed by atoms with van der Waals surface area (Å²) in [5.41, 5.74) is 2.30. The number of aryl methyl sites for hydroxylation is 2. The molecule has 156 valence electrons. The lowest BCUT2D eigenvalue weighted by molar-refractivity contribution is 0.166. The van der Waals surface area contributed by atoms with Gasteiger partial charge in [0.25, 0.3) is 0 Å². The van der Waals surface area contributed by atoms with Crippen LogP contribution in [-0.4, -0.2) is 47.6 Å². The Morgan fingerprint density at radius 3 is 3.03 bits per heavy atom. The molecule has 2 N–H and O–H groups in total. The number of aromatic nitrogens is 3. The summed E-state index contributed by atoms with van der Waals surface area (Å²) in [7, 11) is 1.77. The molecule has 8 nitrogen and oxygen atoms in total. The van der Waals surface area contributed by atoms with Gasteiger partial charge in [-0.2, -0.15) is 0 Å². The van der Waals surface area contributed by atoms with E-state index >= 15 is 0 Å². The molecule has 0 radical (unpaired) electrons. The van der Waals surface area contributed by atoms with Crippen molar-refractivity contribution in [3.63, 3.8) is 0 Å². The van der Waals surface area contributed by atoms with Crippen molar-refractivity contribution in [2.75, 3.05) is 26.9 Å². The van der Waals surface area contributed by atoms with Crippen LogP contribution in [0.2, 0.25) is 0 Å². The van der Waals surface area contributed by atoms with Gasteiger partial charge in [0.15, 0.2) is 11.8 Å². The molecule has 4 rings (SSSR count). The number of aliphatic imine (C=N–C) groups is 1. The van der Waals surface area contributed by atoms with Gasteiger partial charge < -0.3 is 24.7 Å². The molecule has 1 saturated heterocycles. The lowest BCUT2D eigenvalue weighted by Gasteiger charge is -2.17. The first-order valence-electron chi connectivity index (χ1n) is 10.4. The van der Waals surface area contributed by atoms with Crippen LogP contribution < -0.4 is 15.4 Å². The van der Waals surface area contributed by atoms with Crippen LogP contribution in [0.3, 0.4) is 0 Å². The van der Waals surface area contributed by atoms with E-state index in [1.165, 1.54) is 5.56 Å². The largest absolute Gasteiger partial charge is 0.493 e. The van der Waals surface area contributed by atoms with Crippen molar-refractivity contribution >= 4 is 5.96 Å². The van der Waals surface area contributed by atoms with Crippen molar-refractivity contribution in [1.82, 2.24) is 25.4 Å². The molecule has 1 aromatic heterocycles. The lowest BCUT2D eigenvalue weighted by atomic mass is 10.1. The van der Waals surface area contributed by atoms with E-state index in [-0.39, 0.29) is 0 Å². The Labute approximate surface area is 171 Å².